The maximum Gasteiger partial charge on any atom is 0.233 e. The third kappa shape index (κ3) is 9.89. The zero-order chi connectivity index (χ0) is 36.2. The second-order valence-electron chi connectivity index (χ2n) is 12.2. The number of aliphatic hydroxyl groups excluding tert-OH is 1. The van der Waals surface area contributed by atoms with Crippen molar-refractivity contribution in [3.05, 3.63) is 147 Å². The first-order valence-electron chi connectivity index (χ1n) is 16.8. The number of nitrogens with one attached hydrogen (secondary N) is 1. The number of nitriles is 1. The van der Waals surface area contributed by atoms with E-state index >= 15 is 0 Å². The van der Waals surface area contributed by atoms with E-state index in [0.29, 0.717) is 39.4 Å². The van der Waals surface area contributed by atoms with E-state index in [1.165, 1.54) is 18.4 Å². The van der Waals surface area contributed by atoms with Gasteiger partial charge in [0, 0.05) is 53.4 Å². The number of pyridine rings is 2. The minimum atomic E-state index is 0.183. The smallest absolute Gasteiger partial charge is 0.233 e. The van der Waals surface area contributed by atoms with Crippen LogP contribution in [0.25, 0.3) is 22.3 Å². The zero-order valence-corrected chi connectivity index (χ0v) is 30.8. The number of nitrogens with zero attached hydrogens (tertiary/aromatic N) is 4. The van der Waals surface area contributed by atoms with Gasteiger partial charge in [-0.1, -0.05) is 102 Å². The van der Waals surface area contributed by atoms with Crippen LogP contribution in [0.15, 0.2) is 98.0 Å². The SMILES string of the molecule is C=CO.CNCc1ccc(-c2cccc(-c3cccc(COc4nc(CCc5cncc(C#N)c5)c(CN5CCCC5)cc4Cl)c3Cl)c2Cl)cc1. The number of ether oxygens (including phenoxy) is 1. The second-order valence-corrected chi connectivity index (χ2v) is 13.4. The van der Waals surface area contributed by atoms with Gasteiger partial charge in [0.2, 0.25) is 5.88 Å². The van der Waals surface area contributed by atoms with E-state index < -0.39 is 0 Å². The van der Waals surface area contributed by atoms with Crippen molar-refractivity contribution in [2.24, 2.45) is 0 Å². The highest BCUT2D eigenvalue weighted by molar-refractivity contribution is 6.38. The summed E-state index contributed by atoms with van der Waals surface area (Å²) in [5, 5.41) is 21.5. The summed E-state index contributed by atoms with van der Waals surface area (Å²) in [6.45, 7) is 6.82. The fourth-order valence-corrected chi connectivity index (χ4v) is 6.99. The maximum atomic E-state index is 9.31. The Morgan fingerprint density at radius 3 is 2.29 bits per heavy atom. The molecule has 2 N–H and O–H groups in total. The number of halogens is 3. The number of aryl methyl sites for hydroxylation is 2. The Morgan fingerprint density at radius 1 is 0.902 bits per heavy atom. The minimum absolute atomic E-state index is 0.183. The van der Waals surface area contributed by atoms with Crippen LogP contribution in [0.3, 0.4) is 0 Å². The molecule has 0 atom stereocenters. The lowest BCUT2D eigenvalue weighted by atomic mass is 9.97. The monoisotopic (exact) mass is 739 g/mol. The van der Waals surface area contributed by atoms with Gasteiger partial charge < -0.3 is 15.2 Å². The Labute approximate surface area is 315 Å². The molecule has 1 aliphatic heterocycles. The molecule has 10 heteroatoms. The van der Waals surface area contributed by atoms with Crippen LogP contribution in [0, 0.1) is 11.3 Å². The molecule has 0 aliphatic carbocycles. The number of hydrogen-bond acceptors (Lipinski definition) is 7. The summed E-state index contributed by atoms with van der Waals surface area (Å²) in [7, 11) is 1.93. The number of rotatable bonds is 12. The number of aliphatic hydroxyl groups is 1. The van der Waals surface area contributed by atoms with Crippen LogP contribution in [0.2, 0.25) is 15.1 Å². The van der Waals surface area contributed by atoms with E-state index in [1.54, 1.807) is 12.4 Å². The van der Waals surface area contributed by atoms with Crippen molar-refractivity contribution < 1.29 is 9.84 Å². The van der Waals surface area contributed by atoms with E-state index in [0.717, 1.165) is 77.1 Å². The fraction of sp³-hybridized carbons (Fsp3) is 0.244. The highest BCUT2D eigenvalue weighted by Gasteiger charge is 2.19. The topological polar surface area (TPSA) is 94.3 Å². The zero-order valence-electron chi connectivity index (χ0n) is 28.5. The molecule has 0 amide bonds. The first-order chi connectivity index (χ1) is 24.8. The van der Waals surface area contributed by atoms with Crippen molar-refractivity contribution in [1.29, 1.82) is 5.26 Å². The Bertz CT molecular complexity index is 1990. The molecule has 51 heavy (non-hydrogen) atoms. The van der Waals surface area contributed by atoms with Crippen LogP contribution in [-0.2, 0) is 32.5 Å². The van der Waals surface area contributed by atoms with Gasteiger partial charge in [0.25, 0.3) is 0 Å². The van der Waals surface area contributed by atoms with Crippen LogP contribution in [0.5, 0.6) is 5.88 Å². The Morgan fingerprint density at radius 2 is 1.59 bits per heavy atom. The third-order valence-electron chi connectivity index (χ3n) is 8.66. The summed E-state index contributed by atoms with van der Waals surface area (Å²) in [6, 6.07) is 26.3. The van der Waals surface area contributed by atoms with Crippen LogP contribution >= 0.6 is 34.8 Å². The lowest BCUT2D eigenvalue weighted by Crippen LogP contribution is -2.20. The molecule has 0 bridgehead atoms. The van der Waals surface area contributed by atoms with Gasteiger partial charge in [0.05, 0.1) is 21.9 Å². The molecule has 262 valence electrons. The van der Waals surface area contributed by atoms with Gasteiger partial charge in [-0.3, -0.25) is 9.88 Å². The molecule has 0 unspecified atom stereocenters. The van der Waals surface area contributed by atoms with Crippen molar-refractivity contribution >= 4 is 34.8 Å². The quantitative estimate of drug-likeness (QED) is 0.123. The Kier molecular flexibility index (Phi) is 13.9. The van der Waals surface area contributed by atoms with Crippen molar-refractivity contribution in [2.75, 3.05) is 20.1 Å². The summed E-state index contributed by atoms with van der Waals surface area (Å²) >= 11 is 20.9. The number of hydrogen-bond donors (Lipinski definition) is 2. The molecule has 3 aromatic carbocycles. The van der Waals surface area contributed by atoms with E-state index in [4.69, 9.17) is 49.6 Å². The van der Waals surface area contributed by atoms with Gasteiger partial charge in [0.15, 0.2) is 0 Å². The van der Waals surface area contributed by atoms with E-state index in [9.17, 15) is 5.26 Å². The lowest BCUT2D eigenvalue weighted by Gasteiger charge is -2.19. The van der Waals surface area contributed by atoms with Crippen LogP contribution in [0.1, 0.15) is 46.4 Å². The molecule has 5 aromatic rings. The predicted molar refractivity (Wildman–Crippen MR) is 207 cm³/mol. The average molecular weight is 741 g/mol. The first-order valence-corrected chi connectivity index (χ1v) is 17.9. The van der Waals surface area contributed by atoms with E-state index in [2.05, 4.69) is 52.1 Å². The molecule has 1 fully saturated rings. The molecular formula is C41H40Cl3N5O2. The molecule has 3 heterocycles. The first kappa shape index (κ1) is 37.8. The highest BCUT2D eigenvalue weighted by Crippen LogP contribution is 2.40. The van der Waals surface area contributed by atoms with E-state index in [1.807, 2.05) is 55.6 Å². The number of aromatic nitrogens is 2. The molecule has 7 nitrogen and oxygen atoms in total. The van der Waals surface area contributed by atoms with Gasteiger partial charge in [-0.2, -0.15) is 5.26 Å². The number of likely N-dealkylation sites (tertiary alicyclic amines) is 1. The largest absolute Gasteiger partial charge is 0.516 e. The molecule has 2 aromatic heterocycles. The van der Waals surface area contributed by atoms with Gasteiger partial charge in [-0.25, -0.2) is 4.98 Å². The van der Waals surface area contributed by atoms with Gasteiger partial charge >= 0.3 is 0 Å². The van der Waals surface area contributed by atoms with E-state index in [-0.39, 0.29) is 6.61 Å². The summed E-state index contributed by atoms with van der Waals surface area (Å²) in [6.07, 6.45) is 7.87. The Hall–Kier alpha value is -4.42. The summed E-state index contributed by atoms with van der Waals surface area (Å²) in [5.41, 5.74) is 9.19. The van der Waals surface area contributed by atoms with Gasteiger partial charge in [-0.05, 0) is 80.2 Å². The average Bonchev–Trinajstić information content (AvgIpc) is 3.66. The summed E-state index contributed by atoms with van der Waals surface area (Å²) in [5.74, 6) is 0.365. The minimum Gasteiger partial charge on any atom is -0.516 e. The Balaban J connectivity index is 0.00000162. The molecule has 0 spiro atoms. The standard InChI is InChI=1S/C39H36Cl3N5O.C2H4O/c1-44-21-26-10-13-29(14-11-26)32-7-5-9-34(38(32)42)33-8-4-6-30(37(33)41)25-48-39-35(40)19-31(24-47-16-2-3-17-47)36(46-39)15-12-27-18-28(20-43)23-45-22-27;1-2-3/h4-11,13-14,18-19,22-23,44H,2-3,12,15-17,21,24-25H2,1H3;2-3H,1H2. The highest BCUT2D eigenvalue weighted by atomic mass is 35.5. The van der Waals surface area contributed by atoms with Crippen LogP contribution in [-0.4, -0.2) is 40.1 Å². The number of benzene rings is 3. The maximum absolute atomic E-state index is 9.31. The van der Waals surface area contributed by atoms with Crippen molar-refractivity contribution in [3.8, 4) is 34.2 Å². The summed E-state index contributed by atoms with van der Waals surface area (Å²) < 4.78 is 6.27. The normalized spacial score (nSPS) is 12.5. The van der Waals surface area contributed by atoms with Gasteiger partial charge in [0.1, 0.15) is 17.7 Å². The van der Waals surface area contributed by atoms with Crippen LogP contribution in [0.4, 0.5) is 0 Å². The molecule has 6 rings (SSSR count). The fourth-order valence-electron chi connectivity index (χ4n) is 6.14. The molecule has 0 radical (unpaired) electrons. The second kappa shape index (κ2) is 18.7. The third-order valence-corrected chi connectivity index (χ3v) is 9.78. The van der Waals surface area contributed by atoms with Crippen LogP contribution < -0.4 is 10.1 Å². The predicted octanol–water partition coefficient (Wildman–Crippen LogP) is 10.0. The molecule has 0 saturated carbocycles. The van der Waals surface area contributed by atoms with Gasteiger partial charge in [-0.15, -0.1) is 0 Å². The molecular weight excluding hydrogens is 701 g/mol. The lowest BCUT2D eigenvalue weighted by molar-refractivity contribution is 0.291. The molecule has 1 aliphatic rings. The van der Waals surface area contributed by atoms with Crippen molar-refractivity contribution in [1.82, 2.24) is 20.2 Å². The van der Waals surface area contributed by atoms with Crippen molar-refractivity contribution in [3.63, 3.8) is 0 Å². The van der Waals surface area contributed by atoms with Crippen molar-refractivity contribution in [2.45, 2.75) is 45.4 Å². The molecule has 1 saturated heterocycles. The summed E-state index contributed by atoms with van der Waals surface area (Å²) in [4.78, 5) is 11.6.